The number of carbonyl (C=O) groups excluding carboxylic acids is 2. The molecule has 0 fully saturated rings. The molecule has 0 aliphatic carbocycles. The lowest BCUT2D eigenvalue weighted by Gasteiger charge is -2.24. The number of Topliss-reactive ketones (excluding diaryl/α,β-unsaturated/α-hetero) is 2. The minimum absolute atomic E-state index is 0.0242. The smallest absolute Gasteiger partial charge is 0.331 e. The van der Waals surface area contributed by atoms with E-state index in [1.807, 2.05) is 0 Å². The van der Waals surface area contributed by atoms with Gasteiger partial charge in [-0.2, -0.15) is 0 Å². The molecule has 0 spiro atoms. The Labute approximate surface area is 102 Å². The van der Waals surface area contributed by atoms with Crippen molar-refractivity contribution >= 4 is 11.6 Å². The summed E-state index contributed by atoms with van der Waals surface area (Å²) in [6.45, 7) is 0.924. The van der Waals surface area contributed by atoms with E-state index in [1.165, 1.54) is 24.3 Å². The van der Waals surface area contributed by atoms with Crippen LogP contribution in [0.1, 0.15) is 17.3 Å². The van der Waals surface area contributed by atoms with Crippen LogP contribution < -0.4 is 5.73 Å². The predicted octanol–water partition coefficient (Wildman–Crippen LogP) is -0.249. The summed E-state index contributed by atoms with van der Waals surface area (Å²) in [4.78, 5) is 32.9. The molecule has 0 aliphatic heterocycles. The number of rotatable bonds is 5. The molecule has 96 valence electrons. The van der Waals surface area contributed by atoms with Crippen molar-refractivity contribution in [3.05, 3.63) is 46.0 Å². The number of hydrogen-bond donors (Lipinski definition) is 2. The maximum absolute atomic E-state index is 12.0. The van der Waals surface area contributed by atoms with E-state index < -0.39 is 28.3 Å². The van der Waals surface area contributed by atoms with Crippen molar-refractivity contribution < 1.29 is 19.6 Å². The van der Waals surface area contributed by atoms with Gasteiger partial charge in [0.25, 0.3) is 0 Å². The van der Waals surface area contributed by atoms with Crippen LogP contribution in [0.15, 0.2) is 30.3 Å². The molecular formula is C11H12N2O5. The highest BCUT2D eigenvalue weighted by molar-refractivity contribution is 6.18. The largest absolute Gasteiger partial charge is 0.345 e. The molecule has 0 aromatic heterocycles. The second-order valence-corrected chi connectivity index (χ2v) is 3.78. The topological polar surface area (TPSA) is 124 Å². The number of carbonyl (C=O) groups is 2. The summed E-state index contributed by atoms with van der Waals surface area (Å²) in [6, 6.07) is 7.39. The van der Waals surface area contributed by atoms with E-state index in [-0.39, 0.29) is 5.56 Å². The molecule has 3 N–H and O–H groups in total. The SMILES string of the molecule is CC(=O)C(N)(C(=O)c1ccccc1)C(O)[N+](=O)[O-]. The average Bonchev–Trinajstić information content (AvgIpc) is 2.36. The first kappa shape index (κ1) is 13.9. The van der Waals surface area contributed by atoms with Gasteiger partial charge < -0.3 is 10.8 Å². The number of nitrogens with two attached hydrogens (primary N) is 1. The Kier molecular flexibility index (Phi) is 3.89. The molecule has 0 saturated heterocycles. The Morgan fingerprint density at radius 2 is 1.89 bits per heavy atom. The lowest BCUT2D eigenvalue weighted by Crippen LogP contribution is -2.64. The summed E-state index contributed by atoms with van der Waals surface area (Å²) in [5, 5.41) is 19.9. The van der Waals surface area contributed by atoms with Crippen LogP contribution in [0.2, 0.25) is 0 Å². The van der Waals surface area contributed by atoms with Crippen molar-refractivity contribution in [3.63, 3.8) is 0 Å². The highest BCUT2D eigenvalue weighted by Crippen LogP contribution is 2.17. The molecule has 0 aliphatic rings. The van der Waals surface area contributed by atoms with E-state index in [4.69, 9.17) is 5.73 Å². The number of nitro groups is 1. The van der Waals surface area contributed by atoms with Crippen molar-refractivity contribution in [2.75, 3.05) is 0 Å². The van der Waals surface area contributed by atoms with Gasteiger partial charge in [-0.1, -0.05) is 30.3 Å². The number of benzene rings is 1. The average molecular weight is 252 g/mol. The summed E-state index contributed by atoms with van der Waals surface area (Å²) >= 11 is 0. The van der Waals surface area contributed by atoms with Crippen molar-refractivity contribution in [1.29, 1.82) is 0 Å². The van der Waals surface area contributed by atoms with E-state index in [0.29, 0.717) is 0 Å². The number of hydrogen-bond acceptors (Lipinski definition) is 6. The molecule has 0 radical (unpaired) electrons. The van der Waals surface area contributed by atoms with Gasteiger partial charge in [-0.3, -0.25) is 19.7 Å². The molecule has 1 aromatic carbocycles. The quantitative estimate of drug-likeness (QED) is 0.245. The summed E-state index contributed by atoms with van der Waals surface area (Å²) in [7, 11) is 0. The molecule has 0 saturated carbocycles. The molecule has 7 heteroatoms. The molecule has 0 amide bonds. The molecule has 2 atom stereocenters. The van der Waals surface area contributed by atoms with E-state index in [9.17, 15) is 24.8 Å². The highest BCUT2D eigenvalue weighted by atomic mass is 16.7. The van der Waals surface area contributed by atoms with Crippen LogP contribution in [0.25, 0.3) is 0 Å². The zero-order valence-electron chi connectivity index (χ0n) is 9.57. The molecule has 7 nitrogen and oxygen atoms in total. The summed E-state index contributed by atoms with van der Waals surface area (Å²) < 4.78 is 0. The summed E-state index contributed by atoms with van der Waals surface area (Å²) in [6.07, 6.45) is -2.48. The van der Waals surface area contributed by atoms with Crippen LogP contribution in [0, 0.1) is 10.1 Å². The number of aliphatic hydroxyl groups excluding tert-OH is 1. The molecule has 18 heavy (non-hydrogen) atoms. The van der Waals surface area contributed by atoms with Gasteiger partial charge in [0.05, 0.1) is 4.92 Å². The molecule has 1 rings (SSSR count). The second kappa shape index (κ2) is 5.03. The van der Waals surface area contributed by atoms with Gasteiger partial charge in [0, 0.05) is 5.56 Å². The van der Waals surface area contributed by atoms with Crippen LogP contribution in [0.4, 0.5) is 0 Å². The first-order chi connectivity index (χ1) is 8.31. The Morgan fingerprint density at radius 1 is 1.39 bits per heavy atom. The lowest BCUT2D eigenvalue weighted by atomic mass is 9.85. The standard InChI is InChI=1S/C11H12N2O5/c1-7(14)11(12,10(16)13(17)18)9(15)8-5-3-2-4-6-8/h2-6,10,16H,12H2,1H3. The zero-order valence-corrected chi connectivity index (χ0v) is 9.57. The first-order valence-electron chi connectivity index (χ1n) is 5.03. The second-order valence-electron chi connectivity index (χ2n) is 3.78. The highest BCUT2D eigenvalue weighted by Gasteiger charge is 2.53. The fourth-order valence-electron chi connectivity index (χ4n) is 1.45. The molecule has 2 unspecified atom stereocenters. The Balaban J connectivity index is 3.26. The fraction of sp³-hybridized carbons (Fsp3) is 0.273. The Hall–Kier alpha value is -2.12. The van der Waals surface area contributed by atoms with Gasteiger partial charge in [-0.25, -0.2) is 0 Å². The monoisotopic (exact) mass is 252 g/mol. The lowest BCUT2D eigenvalue weighted by molar-refractivity contribution is -0.575. The van der Waals surface area contributed by atoms with Crippen molar-refractivity contribution in [3.8, 4) is 0 Å². The maximum Gasteiger partial charge on any atom is 0.345 e. The van der Waals surface area contributed by atoms with Crippen LogP contribution >= 0.6 is 0 Å². The van der Waals surface area contributed by atoms with Gasteiger partial charge in [0.1, 0.15) is 0 Å². The van der Waals surface area contributed by atoms with E-state index >= 15 is 0 Å². The molecular weight excluding hydrogens is 240 g/mol. The Bertz CT molecular complexity index is 487. The molecule has 0 bridgehead atoms. The number of nitrogens with zero attached hydrogens (tertiary/aromatic N) is 1. The fourth-order valence-corrected chi connectivity index (χ4v) is 1.45. The Morgan fingerprint density at radius 3 is 2.28 bits per heavy atom. The summed E-state index contributed by atoms with van der Waals surface area (Å²) in [5.74, 6) is -1.96. The number of aliphatic hydroxyl groups is 1. The van der Waals surface area contributed by atoms with Crippen LogP contribution in [-0.2, 0) is 4.79 Å². The van der Waals surface area contributed by atoms with Crippen molar-refractivity contribution in [2.24, 2.45) is 5.73 Å². The minimum Gasteiger partial charge on any atom is -0.331 e. The summed E-state index contributed by atoms with van der Waals surface area (Å²) in [5.41, 5.74) is 2.92. The van der Waals surface area contributed by atoms with E-state index in [0.717, 1.165) is 6.92 Å². The molecule has 0 heterocycles. The van der Waals surface area contributed by atoms with Crippen LogP contribution in [0.3, 0.4) is 0 Å². The van der Waals surface area contributed by atoms with Crippen molar-refractivity contribution in [1.82, 2.24) is 0 Å². The van der Waals surface area contributed by atoms with Gasteiger partial charge in [-0.05, 0) is 6.92 Å². The third-order valence-electron chi connectivity index (χ3n) is 2.60. The van der Waals surface area contributed by atoms with Crippen molar-refractivity contribution in [2.45, 2.75) is 18.7 Å². The normalized spacial score (nSPS) is 15.5. The van der Waals surface area contributed by atoms with Crippen LogP contribution in [0.5, 0.6) is 0 Å². The maximum atomic E-state index is 12.0. The van der Waals surface area contributed by atoms with Crippen LogP contribution in [-0.4, -0.2) is 33.4 Å². The third-order valence-corrected chi connectivity index (χ3v) is 2.60. The number of ketones is 2. The minimum atomic E-state index is -2.58. The van der Waals surface area contributed by atoms with Gasteiger partial charge in [0.15, 0.2) is 11.6 Å². The van der Waals surface area contributed by atoms with Gasteiger partial charge in [0.2, 0.25) is 5.54 Å². The van der Waals surface area contributed by atoms with E-state index in [2.05, 4.69) is 0 Å². The van der Waals surface area contributed by atoms with Gasteiger partial charge >= 0.3 is 6.23 Å². The van der Waals surface area contributed by atoms with E-state index in [1.54, 1.807) is 6.07 Å². The molecule has 1 aromatic rings. The van der Waals surface area contributed by atoms with Gasteiger partial charge in [-0.15, -0.1) is 0 Å². The first-order valence-corrected chi connectivity index (χ1v) is 5.03. The zero-order chi connectivity index (χ0) is 13.9. The predicted molar refractivity (Wildman–Crippen MR) is 61.4 cm³/mol. The third kappa shape index (κ3) is 2.27.